The summed E-state index contributed by atoms with van der Waals surface area (Å²) in [6.45, 7) is 1.99. The fourth-order valence-corrected chi connectivity index (χ4v) is 4.93. The van der Waals surface area contributed by atoms with Crippen molar-refractivity contribution in [2.24, 2.45) is 5.41 Å². The van der Waals surface area contributed by atoms with E-state index in [1.54, 1.807) is 24.5 Å². The Hall–Kier alpha value is -4.65. The van der Waals surface area contributed by atoms with Crippen molar-refractivity contribution in [2.75, 3.05) is 0 Å². The molecule has 2 heterocycles. The number of nitrogens with zero attached hydrogens (tertiary/aromatic N) is 2. The van der Waals surface area contributed by atoms with E-state index in [1.165, 1.54) is 18.5 Å². The summed E-state index contributed by atoms with van der Waals surface area (Å²) in [6.07, 6.45) is 6.22. The number of carbonyl (C=O) groups is 2. The Kier molecular flexibility index (Phi) is 6.27. The zero-order valence-corrected chi connectivity index (χ0v) is 21.3. The number of aromatic nitrogens is 2. The number of carbonyl (C=O) groups excluding carboxylic acids is 2. The normalized spacial score (nSPS) is 13.8. The quantitative estimate of drug-likeness (QED) is 0.198. The molecule has 7 heteroatoms. The van der Waals surface area contributed by atoms with Crippen LogP contribution in [-0.4, -0.2) is 21.5 Å². The zero-order valence-electron chi connectivity index (χ0n) is 21.3. The number of benzene rings is 3. The van der Waals surface area contributed by atoms with Crippen LogP contribution in [0.25, 0.3) is 22.2 Å². The molecule has 0 saturated heterocycles. The van der Waals surface area contributed by atoms with Gasteiger partial charge in [-0.05, 0) is 78.9 Å². The number of hydrogen-bond acceptors (Lipinski definition) is 6. The fraction of sp³-hybridized carbons (Fsp3) is 0.188. The van der Waals surface area contributed by atoms with Gasteiger partial charge in [0.05, 0.1) is 17.1 Å². The van der Waals surface area contributed by atoms with Gasteiger partial charge in [0.15, 0.2) is 23.7 Å². The van der Waals surface area contributed by atoms with Crippen LogP contribution in [0.15, 0.2) is 89.9 Å². The molecule has 0 atom stereocenters. The Balaban J connectivity index is 1.16. The van der Waals surface area contributed by atoms with Crippen LogP contribution in [0.2, 0.25) is 0 Å². The van der Waals surface area contributed by atoms with Gasteiger partial charge in [-0.3, -0.25) is 14.6 Å². The smallest absolute Gasteiger partial charge is 0.181 e. The third-order valence-electron chi connectivity index (χ3n) is 7.36. The SMILES string of the molecule is Cc1cc2nccc(Oc3ccc(CC(=O)C4(C(=O)Cc5ccc(F)cc5)CC4)cc3)c2cc1-c1cnco1. The highest BCUT2D eigenvalue weighted by Crippen LogP contribution is 2.49. The maximum Gasteiger partial charge on any atom is 0.181 e. The molecule has 0 aliphatic heterocycles. The van der Waals surface area contributed by atoms with Gasteiger partial charge < -0.3 is 9.15 Å². The van der Waals surface area contributed by atoms with Crippen LogP contribution in [-0.2, 0) is 22.4 Å². The lowest BCUT2D eigenvalue weighted by Gasteiger charge is -2.14. The molecule has 0 amide bonds. The summed E-state index contributed by atoms with van der Waals surface area (Å²) in [5.41, 5.74) is 3.34. The first-order chi connectivity index (χ1) is 18.9. The molecule has 39 heavy (non-hydrogen) atoms. The van der Waals surface area contributed by atoms with Crippen molar-refractivity contribution in [3.8, 4) is 22.8 Å². The summed E-state index contributed by atoms with van der Waals surface area (Å²) >= 11 is 0. The lowest BCUT2D eigenvalue weighted by atomic mass is 9.88. The van der Waals surface area contributed by atoms with Gasteiger partial charge in [-0.1, -0.05) is 24.3 Å². The van der Waals surface area contributed by atoms with Crippen molar-refractivity contribution < 1.29 is 23.1 Å². The van der Waals surface area contributed by atoms with Gasteiger partial charge in [0.25, 0.3) is 0 Å². The Bertz CT molecular complexity index is 1670. The first-order valence-electron chi connectivity index (χ1n) is 12.8. The Morgan fingerprint density at radius 3 is 2.23 bits per heavy atom. The number of hydrogen-bond donors (Lipinski definition) is 0. The molecule has 0 unspecified atom stereocenters. The van der Waals surface area contributed by atoms with E-state index >= 15 is 0 Å². The minimum Gasteiger partial charge on any atom is -0.457 e. The summed E-state index contributed by atoms with van der Waals surface area (Å²) in [4.78, 5) is 34.6. The number of fused-ring (bicyclic) bond motifs is 1. The van der Waals surface area contributed by atoms with Gasteiger partial charge in [0, 0.05) is 30.0 Å². The molecule has 6 nitrogen and oxygen atoms in total. The molecule has 1 fully saturated rings. The number of aryl methyl sites for hydroxylation is 1. The van der Waals surface area contributed by atoms with Crippen LogP contribution in [0.5, 0.6) is 11.5 Å². The highest BCUT2D eigenvalue weighted by atomic mass is 19.1. The lowest BCUT2D eigenvalue weighted by Crippen LogP contribution is -2.28. The predicted octanol–water partition coefficient (Wildman–Crippen LogP) is 6.83. The molecule has 0 bridgehead atoms. The third-order valence-corrected chi connectivity index (χ3v) is 7.36. The molecule has 0 radical (unpaired) electrons. The van der Waals surface area contributed by atoms with Crippen LogP contribution in [0, 0.1) is 18.2 Å². The Morgan fingerprint density at radius 1 is 0.949 bits per heavy atom. The molecule has 1 aliphatic carbocycles. The van der Waals surface area contributed by atoms with Gasteiger partial charge in [-0.15, -0.1) is 0 Å². The number of ether oxygens (including phenoxy) is 1. The number of ketones is 2. The minimum atomic E-state index is -0.918. The van der Waals surface area contributed by atoms with Crippen molar-refractivity contribution in [1.29, 1.82) is 0 Å². The maximum atomic E-state index is 13.2. The number of oxazole rings is 1. The van der Waals surface area contributed by atoms with Gasteiger partial charge in [-0.25, -0.2) is 9.37 Å². The van der Waals surface area contributed by atoms with Crippen molar-refractivity contribution >= 4 is 22.5 Å². The number of halogens is 1. The van der Waals surface area contributed by atoms with Crippen molar-refractivity contribution in [1.82, 2.24) is 9.97 Å². The van der Waals surface area contributed by atoms with Gasteiger partial charge in [-0.2, -0.15) is 0 Å². The predicted molar refractivity (Wildman–Crippen MR) is 144 cm³/mol. The number of pyridine rings is 1. The topological polar surface area (TPSA) is 82.3 Å². The molecular weight excluding hydrogens is 495 g/mol. The summed E-state index contributed by atoms with van der Waals surface area (Å²) in [7, 11) is 0. The molecule has 0 spiro atoms. The van der Waals surface area contributed by atoms with E-state index in [4.69, 9.17) is 9.15 Å². The molecule has 1 saturated carbocycles. The van der Waals surface area contributed by atoms with Gasteiger partial charge >= 0.3 is 0 Å². The molecular formula is C32H25FN2O4. The van der Waals surface area contributed by atoms with E-state index in [-0.39, 0.29) is 30.2 Å². The van der Waals surface area contributed by atoms with Crippen molar-refractivity contribution in [3.05, 3.63) is 108 Å². The van der Waals surface area contributed by atoms with Crippen LogP contribution < -0.4 is 4.74 Å². The third kappa shape index (κ3) is 4.95. The average Bonchev–Trinajstić information content (AvgIpc) is 3.58. The standard InChI is InChI=1S/C32H25FN2O4/c1-20-14-27-26(17-25(20)29-18-34-19-38-29)28(10-13-35-27)39-24-8-4-22(5-9-24)16-31(37)32(11-12-32)30(36)15-21-2-6-23(33)7-3-21/h2-10,13-14,17-19H,11-12,15-16H2,1H3. The molecule has 194 valence electrons. The van der Waals surface area contributed by atoms with Crippen LogP contribution in [0.1, 0.15) is 29.5 Å². The summed E-state index contributed by atoms with van der Waals surface area (Å²) in [5, 5.41) is 0.837. The molecule has 5 aromatic rings. The van der Waals surface area contributed by atoms with E-state index in [1.807, 2.05) is 49.4 Å². The maximum absolute atomic E-state index is 13.2. The lowest BCUT2D eigenvalue weighted by molar-refractivity contribution is -0.133. The van der Waals surface area contributed by atoms with Gasteiger partial charge in [0.2, 0.25) is 0 Å². The molecule has 1 aliphatic rings. The van der Waals surface area contributed by atoms with Crippen LogP contribution in [0.3, 0.4) is 0 Å². The second kappa shape index (κ2) is 9.91. The number of rotatable bonds is 9. The van der Waals surface area contributed by atoms with E-state index in [0.29, 0.717) is 35.7 Å². The molecule has 6 rings (SSSR count). The van der Waals surface area contributed by atoms with E-state index < -0.39 is 5.41 Å². The molecule has 2 aromatic heterocycles. The second-order valence-corrected chi connectivity index (χ2v) is 10.0. The van der Waals surface area contributed by atoms with Crippen LogP contribution >= 0.6 is 0 Å². The fourth-order valence-electron chi connectivity index (χ4n) is 4.93. The number of Topliss-reactive ketones (excluding diaryl/α,β-unsaturated/α-hetero) is 2. The summed E-state index contributed by atoms with van der Waals surface area (Å²) in [5.74, 6) is 1.42. The van der Waals surface area contributed by atoms with Crippen LogP contribution in [0.4, 0.5) is 4.39 Å². The van der Waals surface area contributed by atoms with E-state index in [2.05, 4.69) is 9.97 Å². The first-order valence-corrected chi connectivity index (χ1v) is 12.8. The highest BCUT2D eigenvalue weighted by molar-refractivity contribution is 6.11. The Morgan fingerprint density at radius 2 is 1.62 bits per heavy atom. The monoisotopic (exact) mass is 520 g/mol. The molecule has 3 aromatic carbocycles. The van der Waals surface area contributed by atoms with Gasteiger partial charge in [0.1, 0.15) is 17.3 Å². The minimum absolute atomic E-state index is 0.0706. The summed E-state index contributed by atoms with van der Waals surface area (Å²) in [6, 6.07) is 19.0. The zero-order chi connectivity index (χ0) is 27.0. The van der Waals surface area contributed by atoms with E-state index in [9.17, 15) is 14.0 Å². The Labute approximate surface area is 224 Å². The highest BCUT2D eigenvalue weighted by Gasteiger charge is 2.54. The average molecular weight is 521 g/mol. The first kappa shape index (κ1) is 24.7. The largest absolute Gasteiger partial charge is 0.457 e. The van der Waals surface area contributed by atoms with Crippen molar-refractivity contribution in [3.63, 3.8) is 0 Å². The van der Waals surface area contributed by atoms with Crippen molar-refractivity contribution in [2.45, 2.75) is 32.6 Å². The van der Waals surface area contributed by atoms with E-state index in [0.717, 1.165) is 27.6 Å². The second-order valence-electron chi connectivity index (χ2n) is 10.0. The summed E-state index contributed by atoms with van der Waals surface area (Å²) < 4.78 is 24.9. The molecule has 0 N–H and O–H groups in total.